The highest BCUT2D eigenvalue weighted by atomic mass is 16.3. The largest absolute Gasteiger partial charge is 0.392 e. The van der Waals surface area contributed by atoms with Gasteiger partial charge in [-0.1, -0.05) is 72.8 Å². The molecule has 2 N–H and O–H groups in total. The second-order valence-corrected chi connectivity index (χ2v) is 5.98. The first-order chi connectivity index (χ1) is 11.8. The summed E-state index contributed by atoms with van der Waals surface area (Å²) in [5.74, 6) is 0. The van der Waals surface area contributed by atoms with E-state index in [4.69, 9.17) is 0 Å². The Kier molecular flexibility index (Phi) is 5.42. The molecule has 0 aliphatic heterocycles. The van der Waals surface area contributed by atoms with Gasteiger partial charge in [-0.05, 0) is 46.2 Å². The SMILES string of the molecule is OCc1ccccc1Cc1ccccc1Cc1ccccc1CO. The molecule has 0 unspecified atom stereocenters. The van der Waals surface area contributed by atoms with Crippen molar-refractivity contribution in [3.05, 3.63) is 106 Å². The Labute approximate surface area is 143 Å². The Bertz CT molecular complexity index is 740. The Balaban J connectivity index is 1.91. The van der Waals surface area contributed by atoms with Crippen LogP contribution >= 0.6 is 0 Å². The zero-order valence-electron chi connectivity index (χ0n) is 13.7. The van der Waals surface area contributed by atoms with Gasteiger partial charge in [-0.25, -0.2) is 0 Å². The Morgan fingerprint density at radius 2 is 0.667 bits per heavy atom. The molecule has 0 spiro atoms. The van der Waals surface area contributed by atoms with E-state index in [1.807, 2.05) is 36.4 Å². The lowest BCUT2D eigenvalue weighted by Gasteiger charge is -2.13. The van der Waals surface area contributed by atoms with Crippen molar-refractivity contribution >= 4 is 0 Å². The van der Waals surface area contributed by atoms with E-state index in [1.165, 1.54) is 11.1 Å². The predicted molar refractivity (Wildman–Crippen MR) is 96.8 cm³/mol. The zero-order chi connectivity index (χ0) is 16.8. The molecule has 24 heavy (non-hydrogen) atoms. The average molecular weight is 318 g/mol. The highest BCUT2D eigenvalue weighted by Crippen LogP contribution is 2.21. The third-order valence-electron chi connectivity index (χ3n) is 4.46. The van der Waals surface area contributed by atoms with E-state index in [-0.39, 0.29) is 13.2 Å². The van der Waals surface area contributed by atoms with Crippen LogP contribution in [-0.4, -0.2) is 10.2 Å². The Hall–Kier alpha value is -2.42. The molecule has 122 valence electrons. The summed E-state index contributed by atoms with van der Waals surface area (Å²) < 4.78 is 0. The van der Waals surface area contributed by atoms with E-state index in [2.05, 4.69) is 36.4 Å². The minimum Gasteiger partial charge on any atom is -0.392 e. The molecular formula is C22H22O2. The van der Waals surface area contributed by atoms with Crippen LogP contribution in [0, 0.1) is 0 Å². The molecule has 0 radical (unpaired) electrons. The van der Waals surface area contributed by atoms with Gasteiger partial charge in [0.25, 0.3) is 0 Å². The fourth-order valence-corrected chi connectivity index (χ4v) is 3.08. The van der Waals surface area contributed by atoms with Crippen molar-refractivity contribution in [1.82, 2.24) is 0 Å². The fourth-order valence-electron chi connectivity index (χ4n) is 3.08. The third-order valence-corrected chi connectivity index (χ3v) is 4.46. The normalized spacial score (nSPS) is 10.8. The van der Waals surface area contributed by atoms with Crippen LogP contribution in [0.1, 0.15) is 33.4 Å². The molecule has 2 heteroatoms. The van der Waals surface area contributed by atoms with Crippen LogP contribution in [0.15, 0.2) is 72.8 Å². The molecule has 0 aliphatic carbocycles. The van der Waals surface area contributed by atoms with Crippen LogP contribution in [0.25, 0.3) is 0 Å². The maximum atomic E-state index is 9.54. The number of hydrogen-bond acceptors (Lipinski definition) is 2. The molecule has 0 fully saturated rings. The van der Waals surface area contributed by atoms with Crippen LogP contribution in [0.3, 0.4) is 0 Å². The first-order valence-electron chi connectivity index (χ1n) is 8.24. The van der Waals surface area contributed by atoms with Crippen molar-refractivity contribution in [2.24, 2.45) is 0 Å². The van der Waals surface area contributed by atoms with Gasteiger partial charge in [-0.15, -0.1) is 0 Å². The van der Waals surface area contributed by atoms with Crippen LogP contribution in [0.2, 0.25) is 0 Å². The lowest BCUT2D eigenvalue weighted by atomic mass is 9.92. The molecule has 0 heterocycles. The summed E-state index contributed by atoms with van der Waals surface area (Å²) in [6.45, 7) is 0.122. The van der Waals surface area contributed by atoms with Crippen LogP contribution in [0.4, 0.5) is 0 Å². The number of hydrogen-bond donors (Lipinski definition) is 2. The Morgan fingerprint density at radius 3 is 0.958 bits per heavy atom. The number of aliphatic hydroxyl groups is 2. The number of rotatable bonds is 6. The predicted octanol–water partition coefficient (Wildman–Crippen LogP) is 3.85. The van der Waals surface area contributed by atoms with Gasteiger partial charge < -0.3 is 10.2 Å². The minimum absolute atomic E-state index is 0.0612. The second kappa shape index (κ2) is 7.91. The van der Waals surface area contributed by atoms with Crippen molar-refractivity contribution in [3.63, 3.8) is 0 Å². The fraction of sp³-hybridized carbons (Fsp3) is 0.182. The van der Waals surface area contributed by atoms with Crippen molar-refractivity contribution in [1.29, 1.82) is 0 Å². The van der Waals surface area contributed by atoms with E-state index >= 15 is 0 Å². The van der Waals surface area contributed by atoms with E-state index in [0.29, 0.717) is 0 Å². The molecular weight excluding hydrogens is 296 g/mol. The summed E-state index contributed by atoms with van der Waals surface area (Å²) in [6, 6.07) is 24.4. The van der Waals surface area contributed by atoms with E-state index < -0.39 is 0 Å². The van der Waals surface area contributed by atoms with E-state index in [1.54, 1.807) is 0 Å². The molecule has 2 nitrogen and oxygen atoms in total. The summed E-state index contributed by atoms with van der Waals surface area (Å²) in [6.07, 6.45) is 1.60. The monoisotopic (exact) mass is 318 g/mol. The van der Waals surface area contributed by atoms with Crippen LogP contribution < -0.4 is 0 Å². The van der Waals surface area contributed by atoms with Gasteiger partial charge in [0.2, 0.25) is 0 Å². The summed E-state index contributed by atoms with van der Waals surface area (Å²) in [4.78, 5) is 0. The molecule has 3 rings (SSSR count). The highest BCUT2D eigenvalue weighted by Gasteiger charge is 2.09. The Morgan fingerprint density at radius 1 is 0.417 bits per heavy atom. The second-order valence-electron chi connectivity index (χ2n) is 5.98. The average Bonchev–Trinajstić information content (AvgIpc) is 2.64. The van der Waals surface area contributed by atoms with Crippen LogP contribution in [0.5, 0.6) is 0 Å². The summed E-state index contributed by atoms with van der Waals surface area (Å²) in [5.41, 5.74) is 6.77. The maximum absolute atomic E-state index is 9.54. The number of benzene rings is 3. The van der Waals surface area contributed by atoms with Gasteiger partial charge in [0.1, 0.15) is 0 Å². The van der Waals surface area contributed by atoms with Gasteiger partial charge in [0, 0.05) is 0 Å². The molecule has 0 bridgehead atoms. The summed E-state index contributed by atoms with van der Waals surface area (Å²) in [5, 5.41) is 19.1. The van der Waals surface area contributed by atoms with Crippen molar-refractivity contribution in [2.45, 2.75) is 26.1 Å². The van der Waals surface area contributed by atoms with Gasteiger partial charge in [0.05, 0.1) is 13.2 Å². The lowest BCUT2D eigenvalue weighted by Crippen LogP contribution is -2.01. The molecule has 3 aromatic carbocycles. The zero-order valence-corrected chi connectivity index (χ0v) is 13.7. The molecule has 3 aromatic rings. The van der Waals surface area contributed by atoms with Gasteiger partial charge >= 0.3 is 0 Å². The van der Waals surface area contributed by atoms with E-state index in [9.17, 15) is 10.2 Å². The summed E-state index contributed by atoms with van der Waals surface area (Å²) in [7, 11) is 0. The quantitative estimate of drug-likeness (QED) is 0.725. The van der Waals surface area contributed by atoms with Gasteiger partial charge in [-0.3, -0.25) is 0 Å². The van der Waals surface area contributed by atoms with Gasteiger partial charge in [-0.2, -0.15) is 0 Å². The van der Waals surface area contributed by atoms with E-state index in [0.717, 1.165) is 35.1 Å². The maximum Gasteiger partial charge on any atom is 0.0684 e. The molecule has 0 saturated heterocycles. The third kappa shape index (κ3) is 3.73. The van der Waals surface area contributed by atoms with Crippen molar-refractivity contribution in [2.75, 3.05) is 0 Å². The highest BCUT2D eigenvalue weighted by molar-refractivity contribution is 5.40. The van der Waals surface area contributed by atoms with Crippen LogP contribution in [-0.2, 0) is 26.1 Å². The molecule has 0 saturated carbocycles. The topological polar surface area (TPSA) is 40.5 Å². The molecule has 0 aromatic heterocycles. The molecule has 0 atom stereocenters. The number of aliphatic hydroxyl groups excluding tert-OH is 2. The molecule has 0 amide bonds. The summed E-state index contributed by atoms with van der Waals surface area (Å²) >= 11 is 0. The van der Waals surface area contributed by atoms with Crippen molar-refractivity contribution in [3.8, 4) is 0 Å². The molecule has 0 aliphatic rings. The lowest BCUT2D eigenvalue weighted by molar-refractivity contribution is 0.280. The first kappa shape index (κ1) is 16.4. The van der Waals surface area contributed by atoms with Crippen molar-refractivity contribution < 1.29 is 10.2 Å². The van der Waals surface area contributed by atoms with Gasteiger partial charge in [0.15, 0.2) is 0 Å². The minimum atomic E-state index is 0.0612. The smallest absolute Gasteiger partial charge is 0.0684 e. The first-order valence-corrected chi connectivity index (χ1v) is 8.24. The standard InChI is InChI=1S/C22H22O2/c23-15-21-11-5-3-9-19(21)13-17-7-1-2-8-18(17)14-20-10-4-6-12-22(20)16-24/h1-12,23-24H,13-16H2.